The van der Waals surface area contributed by atoms with Gasteiger partial charge in [0.25, 0.3) is 0 Å². The fraction of sp³-hybridized carbons (Fsp3) is 0. The summed E-state index contributed by atoms with van der Waals surface area (Å²) in [6.07, 6.45) is 0. The van der Waals surface area contributed by atoms with Crippen LogP contribution in [-0.2, 0) is 0 Å². The number of benzene rings is 1. The van der Waals surface area contributed by atoms with Gasteiger partial charge in [-0.1, -0.05) is 0 Å². The van der Waals surface area contributed by atoms with Crippen molar-refractivity contribution in [3.63, 3.8) is 0 Å². The Bertz CT molecular complexity index is 224. The Kier molecular flexibility index (Phi) is 2.04. The van der Waals surface area contributed by atoms with Gasteiger partial charge in [0.15, 0.2) is 0 Å². The Hall–Kier alpha value is -0.132. The van der Waals surface area contributed by atoms with Crippen molar-refractivity contribution in [3.8, 4) is 5.75 Å². The first-order chi connectivity index (χ1) is 4.20. The Morgan fingerprint density at radius 2 is 2.11 bits per heavy atom. The van der Waals surface area contributed by atoms with E-state index in [1.807, 2.05) is 0 Å². The maximum atomic E-state index is 9.00. The molecule has 1 unspecified atom stereocenters. The van der Waals surface area contributed by atoms with Gasteiger partial charge in [0.2, 0.25) is 0 Å². The first kappa shape index (κ1) is 6.98. The van der Waals surface area contributed by atoms with E-state index < -0.39 is 0 Å². The van der Waals surface area contributed by atoms with Crippen LogP contribution in [0.25, 0.3) is 0 Å². The molecule has 1 nitrogen and oxygen atoms in total. The standard InChI is InChI=1S/C6H6AsClO/c7-5-3-4(8)1-2-6(5)9/h1-3,9H,7H2. The Balaban J connectivity index is 3.17. The Morgan fingerprint density at radius 1 is 1.44 bits per heavy atom. The van der Waals surface area contributed by atoms with Crippen LogP contribution in [0.3, 0.4) is 0 Å². The molecule has 1 N–H and O–H groups in total. The van der Waals surface area contributed by atoms with Gasteiger partial charge in [0, 0.05) is 0 Å². The van der Waals surface area contributed by atoms with Crippen molar-refractivity contribution in [3.05, 3.63) is 23.2 Å². The van der Waals surface area contributed by atoms with Gasteiger partial charge >= 0.3 is 66.9 Å². The molecule has 0 heterocycles. The van der Waals surface area contributed by atoms with Gasteiger partial charge < -0.3 is 0 Å². The quantitative estimate of drug-likeness (QED) is 0.603. The minimum atomic E-state index is 0.319. The molecule has 3 heteroatoms. The molecule has 9 heavy (non-hydrogen) atoms. The number of phenols is 1. The summed E-state index contributed by atoms with van der Waals surface area (Å²) < 4.78 is 0.870. The minimum absolute atomic E-state index is 0.319. The molecule has 1 aromatic carbocycles. The van der Waals surface area contributed by atoms with Crippen LogP contribution in [0.4, 0.5) is 0 Å². The van der Waals surface area contributed by atoms with Crippen LogP contribution in [-0.4, -0.2) is 22.0 Å². The number of aromatic hydroxyl groups is 1. The van der Waals surface area contributed by atoms with Crippen LogP contribution >= 0.6 is 11.6 Å². The molecule has 0 aromatic heterocycles. The number of hydrogen-bond acceptors (Lipinski definition) is 1. The number of halogens is 1. The van der Waals surface area contributed by atoms with E-state index >= 15 is 0 Å². The summed E-state index contributed by atoms with van der Waals surface area (Å²) in [5, 5.41) is 9.67. The van der Waals surface area contributed by atoms with Gasteiger partial charge in [0.05, 0.1) is 0 Å². The zero-order valence-electron chi connectivity index (χ0n) is 4.63. The predicted octanol–water partition coefficient (Wildman–Crippen LogP) is 0.304. The van der Waals surface area contributed by atoms with E-state index in [-0.39, 0.29) is 0 Å². The fourth-order valence-corrected chi connectivity index (χ4v) is 1.51. The van der Waals surface area contributed by atoms with Crippen LogP contribution < -0.4 is 4.35 Å². The first-order valence-corrected chi connectivity index (χ1v) is 4.03. The van der Waals surface area contributed by atoms with Gasteiger partial charge in [0.1, 0.15) is 0 Å². The molecule has 1 aromatic rings. The molecule has 0 aliphatic heterocycles. The molecular formula is C6H6AsClO. The summed E-state index contributed by atoms with van der Waals surface area (Å²) in [4.78, 5) is 0. The monoisotopic (exact) mass is 204 g/mol. The van der Waals surface area contributed by atoms with Crippen molar-refractivity contribution in [2.75, 3.05) is 0 Å². The predicted molar refractivity (Wildman–Crippen MR) is 41.3 cm³/mol. The Labute approximate surface area is 67.1 Å². The van der Waals surface area contributed by atoms with Crippen LogP contribution in [0.2, 0.25) is 5.02 Å². The Morgan fingerprint density at radius 3 is 2.56 bits per heavy atom. The van der Waals surface area contributed by atoms with Crippen LogP contribution in [0, 0.1) is 0 Å². The zero-order chi connectivity index (χ0) is 6.85. The fourth-order valence-electron chi connectivity index (χ4n) is 0.525. The van der Waals surface area contributed by atoms with Gasteiger partial charge in [-0.3, -0.25) is 0 Å². The molecular weight excluding hydrogens is 198 g/mol. The molecule has 48 valence electrons. The van der Waals surface area contributed by atoms with Crippen molar-refractivity contribution < 1.29 is 5.11 Å². The summed E-state index contributed by atoms with van der Waals surface area (Å²) in [5.74, 6) is 0.319. The molecule has 0 aliphatic carbocycles. The van der Waals surface area contributed by atoms with E-state index in [0.717, 1.165) is 4.35 Å². The van der Waals surface area contributed by atoms with E-state index in [1.165, 1.54) is 16.9 Å². The second kappa shape index (κ2) is 2.64. The topological polar surface area (TPSA) is 20.2 Å². The van der Waals surface area contributed by atoms with E-state index in [4.69, 9.17) is 16.7 Å². The molecule has 0 spiro atoms. The van der Waals surface area contributed by atoms with Crippen molar-refractivity contribution in [2.45, 2.75) is 0 Å². The molecule has 0 fully saturated rings. The summed E-state index contributed by atoms with van der Waals surface area (Å²) in [6.45, 7) is 0. The molecule has 0 bridgehead atoms. The van der Waals surface area contributed by atoms with Crippen molar-refractivity contribution in [1.29, 1.82) is 0 Å². The molecule has 0 amide bonds. The number of hydrogen-bond donors (Lipinski definition) is 1. The van der Waals surface area contributed by atoms with E-state index in [9.17, 15) is 0 Å². The van der Waals surface area contributed by atoms with Crippen LogP contribution in [0.15, 0.2) is 18.2 Å². The second-order valence-corrected chi connectivity index (χ2v) is 3.44. The molecule has 1 atom stereocenters. The van der Waals surface area contributed by atoms with Gasteiger partial charge in [-0.25, -0.2) is 0 Å². The van der Waals surface area contributed by atoms with E-state index in [2.05, 4.69) is 0 Å². The molecule has 0 radical (unpaired) electrons. The molecule has 0 saturated carbocycles. The average molecular weight is 204 g/mol. The number of phenolic OH excluding ortho intramolecular Hbond substituents is 1. The summed E-state index contributed by atoms with van der Waals surface area (Å²) in [7, 11) is 0. The van der Waals surface area contributed by atoms with Crippen LogP contribution in [0.5, 0.6) is 5.75 Å². The average Bonchev–Trinajstić information content (AvgIpc) is 1.80. The van der Waals surface area contributed by atoms with Gasteiger partial charge in [-0.05, 0) is 0 Å². The first-order valence-electron chi connectivity index (χ1n) is 2.44. The summed E-state index contributed by atoms with van der Waals surface area (Å²) in [5.41, 5.74) is 0. The number of rotatable bonds is 0. The molecule has 1 rings (SSSR count). The summed E-state index contributed by atoms with van der Waals surface area (Å²) in [6, 6.07) is 5.01. The maximum absolute atomic E-state index is 9.00. The third-order valence-electron chi connectivity index (χ3n) is 0.990. The van der Waals surface area contributed by atoms with Gasteiger partial charge in [-0.2, -0.15) is 0 Å². The van der Waals surface area contributed by atoms with Crippen molar-refractivity contribution in [1.82, 2.24) is 0 Å². The molecule has 0 aliphatic rings. The van der Waals surface area contributed by atoms with Crippen molar-refractivity contribution >= 4 is 32.8 Å². The molecule has 0 saturated heterocycles. The normalized spacial score (nSPS) is 9.56. The zero-order valence-corrected chi connectivity index (χ0v) is 7.81. The third kappa shape index (κ3) is 1.64. The third-order valence-corrected chi connectivity index (χ3v) is 2.19. The summed E-state index contributed by atoms with van der Waals surface area (Å²) >= 11 is 6.99. The SMILES string of the molecule is Oc1ccc(Cl)cc1[AsH2]. The second-order valence-electron chi connectivity index (χ2n) is 1.70. The van der Waals surface area contributed by atoms with Gasteiger partial charge in [-0.15, -0.1) is 0 Å². The van der Waals surface area contributed by atoms with E-state index in [0.29, 0.717) is 10.8 Å². The van der Waals surface area contributed by atoms with E-state index in [1.54, 1.807) is 18.2 Å². The van der Waals surface area contributed by atoms with Crippen molar-refractivity contribution in [2.24, 2.45) is 0 Å². The van der Waals surface area contributed by atoms with Crippen LogP contribution in [0.1, 0.15) is 0 Å².